The van der Waals surface area contributed by atoms with Crippen molar-refractivity contribution < 1.29 is 23.0 Å². The summed E-state index contributed by atoms with van der Waals surface area (Å²) < 4.78 is 40.8. The maximum absolute atomic E-state index is 15.3. The second-order valence-corrected chi connectivity index (χ2v) is 9.71. The number of carbonyl (C=O) groups is 1. The monoisotopic (exact) mass is 547 g/mol. The van der Waals surface area contributed by atoms with Crippen molar-refractivity contribution in [3.8, 4) is 17.0 Å². The van der Waals surface area contributed by atoms with Crippen molar-refractivity contribution in [3.63, 3.8) is 0 Å². The number of benzene rings is 1. The van der Waals surface area contributed by atoms with E-state index in [9.17, 15) is 9.18 Å². The first-order valence-corrected chi connectivity index (χ1v) is 13.1. The van der Waals surface area contributed by atoms with Gasteiger partial charge in [0.05, 0.1) is 35.5 Å². The van der Waals surface area contributed by atoms with Gasteiger partial charge in [0.15, 0.2) is 0 Å². The third-order valence-electron chi connectivity index (χ3n) is 7.10. The van der Waals surface area contributed by atoms with Crippen molar-refractivity contribution in [2.24, 2.45) is 0 Å². The number of morpholine rings is 1. The van der Waals surface area contributed by atoms with Gasteiger partial charge < -0.3 is 25.0 Å². The van der Waals surface area contributed by atoms with Gasteiger partial charge in [0.2, 0.25) is 5.88 Å². The van der Waals surface area contributed by atoms with E-state index in [-0.39, 0.29) is 16.8 Å². The molecule has 2 aliphatic rings. The molecular weight excluding hydrogens is 520 g/mol. The number of nitrogens with one attached hydrogen (secondary N) is 2. The lowest BCUT2D eigenvalue weighted by atomic mass is 10.1. The summed E-state index contributed by atoms with van der Waals surface area (Å²) in [7, 11) is 0. The van der Waals surface area contributed by atoms with Crippen LogP contribution in [0.5, 0.6) is 5.88 Å². The van der Waals surface area contributed by atoms with Crippen LogP contribution in [0, 0.1) is 18.6 Å². The van der Waals surface area contributed by atoms with Gasteiger partial charge in [0.1, 0.15) is 29.8 Å². The fourth-order valence-corrected chi connectivity index (χ4v) is 5.01. The van der Waals surface area contributed by atoms with Crippen LogP contribution in [-0.4, -0.2) is 64.8 Å². The summed E-state index contributed by atoms with van der Waals surface area (Å²) >= 11 is 0. The molecule has 0 unspecified atom stereocenters. The second kappa shape index (κ2) is 11.1. The number of halogens is 2. The number of pyridine rings is 2. The number of nitrogens with zero attached hydrogens (tertiary/aromatic N) is 5. The van der Waals surface area contributed by atoms with E-state index in [0.717, 1.165) is 18.6 Å². The van der Waals surface area contributed by atoms with E-state index in [4.69, 9.17) is 9.47 Å². The summed E-state index contributed by atoms with van der Waals surface area (Å²) in [6.07, 6.45) is 7.93. The number of fused-ring (bicyclic) bond motifs is 1. The van der Waals surface area contributed by atoms with Crippen LogP contribution >= 0.6 is 0 Å². The van der Waals surface area contributed by atoms with E-state index >= 15 is 4.39 Å². The normalized spacial score (nSPS) is 17.3. The van der Waals surface area contributed by atoms with Gasteiger partial charge in [-0.1, -0.05) is 0 Å². The Morgan fingerprint density at radius 3 is 2.70 bits per heavy atom. The van der Waals surface area contributed by atoms with Crippen LogP contribution in [0.4, 0.5) is 26.0 Å². The summed E-state index contributed by atoms with van der Waals surface area (Å²) in [6, 6.07) is 3.32. The first-order valence-electron chi connectivity index (χ1n) is 13.1. The van der Waals surface area contributed by atoms with Crippen LogP contribution in [0.1, 0.15) is 18.4 Å². The summed E-state index contributed by atoms with van der Waals surface area (Å²) in [6.45, 7) is 4.88. The first-order chi connectivity index (χ1) is 19.5. The van der Waals surface area contributed by atoms with Crippen LogP contribution in [0.2, 0.25) is 0 Å². The fraction of sp³-hybridized carbons (Fsp3) is 0.321. The number of anilines is 3. The molecule has 0 aliphatic carbocycles. The minimum absolute atomic E-state index is 0.0137. The Bertz CT molecular complexity index is 1560. The highest BCUT2D eigenvalue weighted by atomic mass is 19.1. The molecule has 2 aliphatic heterocycles. The molecule has 3 aromatic heterocycles. The number of aromatic nitrogens is 4. The van der Waals surface area contributed by atoms with E-state index in [1.807, 2.05) is 6.07 Å². The third-order valence-corrected chi connectivity index (χ3v) is 7.10. The molecule has 12 heteroatoms. The maximum Gasteiger partial charge on any atom is 0.329 e. The molecular formula is C28H27F2N7O3. The van der Waals surface area contributed by atoms with Gasteiger partial charge in [-0.15, -0.1) is 0 Å². The number of hydrogen-bond acceptors (Lipinski definition) is 10. The molecule has 10 nitrogen and oxygen atoms in total. The Labute approximate surface area is 228 Å². The van der Waals surface area contributed by atoms with Crippen molar-refractivity contribution in [2.45, 2.75) is 25.8 Å². The lowest BCUT2D eigenvalue weighted by molar-refractivity contribution is -0.136. The zero-order valence-corrected chi connectivity index (χ0v) is 21.8. The number of carbonyl (C=O) groups excluding carboxylic acids is 1. The molecule has 2 saturated heterocycles. The predicted molar refractivity (Wildman–Crippen MR) is 145 cm³/mol. The zero-order valence-electron chi connectivity index (χ0n) is 21.8. The quantitative estimate of drug-likeness (QED) is 0.345. The SMILES string of the molecule is Cc1c(OC(=O)[C@H]2CCCN2)nc2cc(F)cc(F)c2c1Nc1cc(N2CCOCC2)ncc1-c1cncnc1. The average molecular weight is 548 g/mol. The number of rotatable bonds is 6. The zero-order chi connectivity index (χ0) is 27.6. The van der Waals surface area contributed by atoms with Gasteiger partial charge in [0.25, 0.3) is 0 Å². The highest BCUT2D eigenvalue weighted by Crippen LogP contribution is 2.39. The summed E-state index contributed by atoms with van der Waals surface area (Å²) in [5.74, 6) is -1.40. The van der Waals surface area contributed by atoms with Crippen molar-refractivity contribution in [1.82, 2.24) is 25.3 Å². The van der Waals surface area contributed by atoms with Crippen molar-refractivity contribution in [3.05, 3.63) is 60.3 Å². The number of esters is 1. The van der Waals surface area contributed by atoms with E-state index < -0.39 is 23.6 Å². The second-order valence-electron chi connectivity index (χ2n) is 9.71. The Morgan fingerprint density at radius 2 is 1.95 bits per heavy atom. The summed E-state index contributed by atoms with van der Waals surface area (Å²) in [4.78, 5) is 32.2. The van der Waals surface area contributed by atoms with E-state index in [0.29, 0.717) is 73.2 Å². The van der Waals surface area contributed by atoms with Gasteiger partial charge >= 0.3 is 5.97 Å². The molecule has 0 amide bonds. The Balaban J connectivity index is 1.48. The topological polar surface area (TPSA) is 114 Å². The van der Waals surface area contributed by atoms with E-state index in [2.05, 4.69) is 35.5 Å². The highest BCUT2D eigenvalue weighted by Gasteiger charge is 2.27. The Morgan fingerprint density at radius 1 is 1.15 bits per heavy atom. The molecule has 4 aromatic rings. The van der Waals surface area contributed by atoms with Crippen LogP contribution in [0.25, 0.3) is 22.0 Å². The van der Waals surface area contributed by atoms with Crippen molar-refractivity contribution >= 4 is 34.1 Å². The largest absolute Gasteiger partial charge is 0.406 e. The summed E-state index contributed by atoms with van der Waals surface area (Å²) in [5, 5.41) is 6.51. The van der Waals surface area contributed by atoms with Gasteiger partial charge in [-0.05, 0) is 26.3 Å². The molecule has 40 heavy (non-hydrogen) atoms. The molecule has 0 saturated carbocycles. The van der Waals surface area contributed by atoms with Crippen LogP contribution < -0.4 is 20.3 Å². The average Bonchev–Trinajstić information content (AvgIpc) is 3.51. The molecule has 5 heterocycles. The van der Waals surface area contributed by atoms with E-state index in [1.54, 1.807) is 25.5 Å². The molecule has 2 fully saturated rings. The standard InChI is InChI=1S/C28H27F2N7O3/c1-16-26(25-20(30)9-18(29)10-23(25)36-27(16)40-28(38)21-3-2-4-33-21)35-22-11-24(37-5-7-39-8-6-37)34-14-19(22)17-12-31-15-32-13-17/h9-15,21,33H,2-8H2,1H3,(H,34,35,36)/t21-/m1/s1. The Hall–Kier alpha value is -4.29. The van der Waals surface area contributed by atoms with Gasteiger partial charge in [-0.3, -0.25) is 0 Å². The number of ether oxygens (including phenoxy) is 2. The van der Waals surface area contributed by atoms with Gasteiger partial charge in [0, 0.05) is 66.6 Å². The molecule has 206 valence electrons. The molecule has 2 N–H and O–H groups in total. The smallest absolute Gasteiger partial charge is 0.329 e. The molecule has 1 aromatic carbocycles. The predicted octanol–water partition coefficient (Wildman–Crippen LogP) is 3.91. The minimum Gasteiger partial charge on any atom is -0.406 e. The summed E-state index contributed by atoms with van der Waals surface area (Å²) in [5.41, 5.74) is 2.64. The molecule has 0 bridgehead atoms. The van der Waals surface area contributed by atoms with Crippen LogP contribution in [0.15, 0.2) is 43.1 Å². The van der Waals surface area contributed by atoms with Gasteiger partial charge in [-0.2, -0.15) is 0 Å². The first kappa shape index (κ1) is 26.0. The molecule has 0 spiro atoms. The van der Waals surface area contributed by atoms with E-state index in [1.165, 1.54) is 6.33 Å². The fourth-order valence-electron chi connectivity index (χ4n) is 5.01. The third kappa shape index (κ3) is 5.15. The maximum atomic E-state index is 15.3. The molecule has 6 rings (SSSR count). The van der Waals surface area contributed by atoms with Gasteiger partial charge in [-0.25, -0.2) is 33.5 Å². The molecule has 0 radical (unpaired) electrons. The number of hydrogen-bond donors (Lipinski definition) is 2. The van der Waals surface area contributed by atoms with Crippen LogP contribution in [-0.2, 0) is 9.53 Å². The minimum atomic E-state index is -0.796. The van der Waals surface area contributed by atoms with Crippen molar-refractivity contribution in [2.75, 3.05) is 43.1 Å². The Kier molecular flexibility index (Phi) is 7.18. The molecule has 1 atom stereocenters. The van der Waals surface area contributed by atoms with Crippen molar-refractivity contribution in [1.29, 1.82) is 0 Å². The van der Waals surface area contributed by atoms with Crippen LogP contribution in [0.3, 0.4) is 0 Å². The highest BCUT2D eigenvalue weighted by molar-refractivity contribution is 5.98. The lowest BCUT2D eigenvalue weighted by Crippen LogP contribution is -2.36. The lowest BCUT2D eigenvalue weighted by Gasteiger charge is -2.28.